The molecule has 0 amide bonds. The number of hydrogen-bond acceptors (Lipinski definition) is 1. The maximum absolute atomic E-state index is 13.0. The molecular weight excluding hydrogens is 193 g/mol. The molecule has 0 aliphatic rings. The van der Waals surface area contributed by atoms with Crippen LogP contribution in [0.25, 0.3) is 0 Å². The first-order valence-electron chi connectivity index (χ1n) is 3.36. The van der Waals surface area contributed by atoms with Gasteiger partial charge in [0.2, 0.25) is 0 Å². The van der Waals surface area contributed by atoms with Crippen molar-refractivity contribution in [2.24, 2.45) is 0 Å². The molecule has 13 heavy (non-hydrogen) atoms. The van der Waals surface area contributed by atoms with Gasteiger partial charge in [-0.1, -0.05) is 6.58 Å². The maximum atomic E-state index is 13.0. The van der Waals surface area contributed by atoms with Crippen molar-refractivity contribution in [1.29, 1.82) is 0 Å². The van der Waals surface area contributed by atoms with E-state index in [9.17, 15) is 22.0 Å². The second kappa shape index (κ2) is 3.61. The van der Waals surface area contributed by atoms with Crippen LogP contribution < -0.4 is 0 Å². The van der Waals surface area contributed by atoms with Crippen molar-refractivity contribution in [2.75, 3.05) is 14.1 Å². The SMILES string of the molecule is C=CC(F)(C(F)N(C)C)C(F)(F)F. The fourth-order valence-electron chi connectivity index (χ4n) is 0.724. The van der Waals surface area contributed by atoms with E-state index in [-0.39, 0.29) is 6.08 Å². The number of nitrogens with zero attached hydrogens (tertiary/aromatic N) is 1. The lowest BCUT2D eigenvalue weighted by Gasteiger charge is -2.31. The van der Waals surface area contributed by atoms with Gasteiger partial charge in [-0.3, -0.25) is 4.90 Å². The first-order valence-corrected chi connectivity index (χ1v) is 3.36. The van der Waals surface area contributed by atoms with E-state index in [1.165, 1.54) is 0 Å². The summed E-state index contributed by atoms with van der Waals surface area (Å²) in [6, 6.07) is 0. The third-order valence-electron chi connectivity index (χ3n) is 1.53. The smallest absolute Gasteiger partial charge is 0.277 e. The zero-order chi connectivity index (χ0) is 10.9. The molecule has 1 nitrogen and oxygen atoms in total. The van der Waals surface area contributed by atoms with Gasteiger partial charge in [-0.25, -0.2) is 8.78 Å². The van der Waals surface area contributed by atoms with Crippen LogP contribution in [0.4, 0.5) is 22.0 Å². The summed E-state index contributed by atoms with van der Waals surface area (Å²) in [4.78, 5) is 0.495. The van der Waals surface area contributed by atoms with Crippen molar-refractivity contribution in [1.82, 2.24) is 4.90 Å². The van der Waals surface area contributed by atoms with Crippen LogP contribution in [0.15, 0.2) is 12.7 Å². The summed E-state index contributed by atoms with van der Waals surface area (Å²) in [7, 11) is 2.02. The van der Waals surface area contributed by atoms with E-state index in [0.717, 1.165) is 14.1 Å². The summed E-state index contributed by atoms with van der Waals surface area (Å²) < 4.78 is 61.9. The van der Waals surface area contributed by atoms with Crippen LogP contribution in [0.2, 0.25) is 0 Å². The Labute approximate surface area is 72.8 Å². The van der Waals surface area contributed by atoms with Gasteiger partial charge in [0.15, 0.2) is 6.30 Å². The minimum atomic E-state index is -5.29. The van der Waals surface area contributed by atoms with Crippen molar-refractivity contribution in [3.8, 4) is 0 Å². The van der Waals surface area contributed by atoms with Crippen molar-refractivity contribution < 1.29 is 22.0 Å². The molecule has 0 N–H and O–H groups in total. The van der Waals surface area contributed by atoms with Gasteiger partial charge < -0.3 is 0 Å². The Hall–Kier alpha value is -0.650. The van der Waals surface area contributed by atoms with Gasteiger partial charge in [-0.15, -0.1) is 0 Å². The topological polar surface area (TPSA) is 3.24 Å². The van der Waals surface area contributed by atoms with Crippen LogP contribution in [0.3, 0.4) is 0 Å². The average molecular weight is 203 g/mol. The van der Waals surface area contributed by atoms with E-state index in [2.05, 4.69) is 6.58 Å². The molecule has 0 radical (unpaired) electrons. The number of halogens is 5. The quantitative estimate of drug-likeness (QED) is 0.386. The normalized spacial score (nSPS) is 19.7. The molecule has 78 valence electrons. The summed E-state index contributed by atoms with van der Waals surface area (Å²) >= 11 is 0. The Morgan fingerprint density at radius 2 is 1.62 bits per heavy atom. The number of rotatable bonds is 3. The summed E-state index contributed by atoms with van der Waals surface area (Å²) in [5.74, 6) is 0. The zero-order valence-electron chi connectivity index (χ0n) is 7.20. The maximum Gasteiger partial charge on any atom is 0.430 e. The molecule has 0 saturated heterocycles. The molecule has 0 rings (SSSR count). The molecule has 0 aliphatic heterocycles. The predicted octanol–water partition coefficient (Wildman–Crippen LogP) is 2.30. The van der Waals surface area contributed by atoms with Crippen LogP contribution in [-0.2, 0) is 0 Å². The standard InChI is InChI=1S/C7H10F5N/c1-4-6(9,7(10,11)12)5(8)13(2)3/h4-5H,1H2,2-3H3. The molecule has 0 aromatic carbocycles. The van der Waals surface area contributed by atoms with Crippen molar-refractivity contribution in [3.05, 3.63) is 12.7 Å². The van der Waals surface area contributed by atoms with E-state index in [1.807, 2.05) is 0 Å². The lowest BCUT2D eigenvalue weighted by atomic mass is 10.0. The van der Waals surface area contributed by atoms with E-state index >= 15 is 0 Å². The molecular formula is C7H10F5N. The molecule has 0 fully saturated rings. The Morgan fingerprint density at radius 1 is 1.23 bits per heavy atom. The minimum Gasteiger partial charge on any atom is -0.277 e. The lowest BCUT2D eigenvalue weighted by molar-refractivity contribution is -0.245. The van der Waals surface area contributed by atoms with E-state index < -0.39 is 18.1 Å². The predicted molar refractivity (Wildman–Crippen MR) is 38.7 cm³/mol. The molecule has 2 atom stereocenters. The average Bonchev–Trinajstić information content (AvgIpc) is 1.99. The Kier molecular flexibility index (Phi) is 3.43. The lowest BCUT2D eigenvalue weighted by Crippen LogP contribution is -2.52. The van der Waals surface area contributed by atoms with E-state index in [4.69, 9.17) is 0 Å². The Morgan fingerprint density at radius 3 is 1.69 bits per heavy atom. The molecule has 0 aliphatic carbocycles. The molecule has 0 bridgehead atoms. The summed E-state index contributed by atoms with van der Waals surface area (Å²) in [5.41, 5.74) is -4.02. The van der Waals surface area contributed by atoms with Gasteiger partial charge in [0.25, 0.3) is 5.67 Å². The van der Waals surface area contributed by atoms with Crippen molar-refractivity contribution >= 4 is 0 Å². The van der Waals surface area contributed by atoms with Crippen LogP contribution in [-0.4, -0.2) is 37.1 Å². The molecule has 0 heterocycles. The first kappa shape index (κ1) is 12.3. The molecule has 6 heteroatoms. The molecule has 2 unspecified atom stereocenters. The third-order valence-corrected chi connectivity index (χ3v) is 1.53. The van der Waals surface area contributed by atoms with Gasteiger partial charge in [0.1, 0.15) is 0 Å². The van der Waals surface area contributed by atoms with Crippen molar-refractivity contribution in [2.45, 2.75) is 18.1 Å². The van der Waals surface area contributed by atoms with Gasteiger partial charge in [-0.2, -0.15) is 13.2 Å². The molecule has 0 aromatic rings. The highest BCUT2D eigenvalue weighted by atomic mass is 19.4. The van der Waals surface area contributed by atoms with Crippen molar-refractivity contribution in [3.63, 3.8) is 0 Å². The summed E-state index contributed by atoms with van der Waals surface area (Å²) in [6.45, 7) is 2.64. The highest BCUT2D eigenvalue weighted by molar-refractivity contribution is 5.06. The minimum absolute atomic E-state index is 0.0718. The third kappa shape index (κ3) is 2.18. The van der Waals surface area contributed by atoms with Gasteiger partial charge >= 0.3 is 6.18 Å². The summed E-state index contributed by atoms with van der Waals surface area (Å²) in [6.07, 6.45) is -8.15. The fourth-order valence-corrected chi connectivity index (χ4v) is 0.724. The van der Waals surface area contributed by atoms with Gasteiger partial charge in [-0.05, 0) is 20.2 Å². The molecule has 0 aromatic heterocycles. The molecule has 0 spiro atoms. The van der Waals surface area contributed by atoms with Crippen LogP contribution in [0.1, 0.15) is 0 Å². The number of hydrogen-bond donors (Lipinski definition) is 0. The van der Waals surface area contributed by atoms with Crippen LogP contribution >= 0.6 is 0 Å². The second-order valence-electron chi connectivity index (χ2n) is 2.77. The van der Waals surface area contributed by atoms with Gasteiger partial charge in [0, 0.05) is 0 Å². The monoisotopic (exact) mass is 203 g/mol. The highest BCUT2D eigenvalue weighted by Crippen LogP contribution is 2.39. The van der Waals surface area contributed by atoms with E-state index in [1.54, 1.807) is 0 Å². The van der Waals surface area contributed by atoms with Gasteiger partial charge in [0.05, 0.1) is 0 Å². The van der Waals surface area contributed by atoms with E-state index in [0.29, 0.717) is 4.90 Å². The largest absolute Gasteiger partial charge is 0.430 e. The Bertz CT molecular complexity index is 188. The molecule has 0 saturated carbocycles. The zero-order valence-corrected chi connectivity index (χ0v) is 7.20. The first-order chi connectivity index (χ1) is 5.66. The fraction of sp³-hybridized carbons (Fsp3) is 0.714. The highest BCUT2D eigenvalue weighted by Gasteiger charge is 2.60. The number of alkyl halides is 5. The second-order valence-corrected chi connectivity index (χ2v) is 2.77. The Balaban J connectivity index is 4.95. The summed E-state index contributed by atoms with van der Waals surface area (Å²) in [5, 5.41) is 0. The van der Waals surface area contributed by atoms with Crippen LogP contribution in [0, 0.1) is 0 Å². The van der Waals surface area contributed by atoms with Crippen LogP contribution in [0.5, 0.6) is 0 Å².